The highest BCUT2D eigenvalue weighted by molar-refractivity contribution is 5.04. The highest BCUT2D eigenvalue weighted by Crippen LogP contribution is 2.32. The monoisotopic (exact) mass is 248 g/mol. The van der Waals surface area contributed by atoms with Gasteiger partial charge in [0.25, 0.3) is 0 Å². The Labute approximate surface area is 109 Å². The standard InChI is InChI=1S/C14H24N4/c1-17(9-11-7-16-18(2)10-11)14-6-3-12(14)8-15-13-4-5-13/h7,10,12-15H,3-6,8-9H2,1-2H3. The van der Waals surface area contributed by atoms with Crippen molar-refractivity contribution in [2.24, 2.45) is 13.0 Å². The fraction of sp³-hybridized carbons (Fsp3) is 0.786. The highest BCUT2D eigenvalue weighted by atomic mass is 15.2. The zero-order valence-electron chi connectivity index (χ0n) is 11.5. The van der Waals surface area contributed by atoms with Crippen LogP contribution in [0.5, 0.6) is 0 Å². The minimum atomic E-state index is 0.761. The fourth-order valence-corrected chi connectivity index (χ4v) is 2.93. The summed E-state index contributed by atoms with van der Waals surface area (Å²) in [6, 6.07) is 1.60. The first kappa shape index (κ1) is 12.2. The molecule has 1 heterocycles. The van der Waals surface area contributed by atoms with E-state index in [1.807, 2.05) is 17.9 Å². The van der Waals surface area contributed by atoms with Gasteiger partial charge in [-0.2, -0.15) is 5.10 Å². The molecule has 1 aromatic rings. The van der Waals surface area contributed by atoms with E-state index >= 15 is 0 Å². The van der Waals surface area contributed by atoms with Crippen LogP contribution in [0, 0.1) is 5.92 Å². The Hall–Kier alpha value is -0.870. The van der Waals surface area contributed by atoms with Crippen molar-refractivity contribution in [2.45, 2.75) is 44.3 Å². The molecule has 2 unspecified atom stereocenters. The van der Waals surface area contributed by atoms with E-state index in [1.165, 1.54) is 37.8 Å². The van der Waals surface area contributed by atoms with Crippen molar-refractivity contribution in [3.05, 3.63) is 18.0 Å². The quantitative estimate of drug-likeness (QED) is 0.826. The minimum absolute atomic E-state index is 0.761. The highest BCUT2D eigenvalue weighted by Gasteiger charge is 2.34. The van der Waals surface area contributed by atoms with E-state index in [9.17, 15) is 0 Å². The van der Waals surface area contributed by atoms with Crippen molar-refractivity contribution in [3.63, 3.8) is 0 Å². The topological polar surface area (TPSA) is 33.1 Å². The van der Waals surface area contributed by atoms with E-state index < -0.39 is 0 Å². The Bertz CT molecular complexity index is 396. The molecule has 100 valence electrons. The average Bonchev–Trinajstić information content (AvgIpc) is 3.01. The molecule has 2 aliphatic rings. The second kappa shape index (κ2) is 5.02. The third kappa shape index (κ3) is 2.75. The van der Waals surface area contributed by atoms with E-state index in [0.29, 0.717) is 0 Å². The Morgan fingerprint density at radius 2 is 2.22 bits per heavy atom. The summed E-state index contributed by atoms with van der Waals surface area (Å²) in [6.07, 6.45) is 9.63. The molecular formula is C14H24N4. The Morgan fingerprint density at radius 3 is 2.78 bits per heavy atom. The number of aromatic nitrogens is 2. The third-order valence-electron chi connectivity index (χ3n) is 4.38. The molecule has 0 radical (unpaired) electrons. The summed E-state index contributed by atoms with van der Waals surface area (Å²) in [4.78, 5) is 2.50. The summed E-state index contributed by atoms with van der Waals surface area (Å²) in [6.45, 7) is 2.24. The van der Waals surface area contributed by atoms with Crippen LogP contribution in [0.1, 0.15) is 31.2 Å². The molecule has 2 atom stereocenters. The maximum atomic E-state index is 4.24. The maximum absolute atomic E-state index is 4.24. The van der Waals surface area contributed by atoms with Gasteiger partial charge < -0.3 is 5.32 Å². The van der Waals surface area contributed by atoms with Gasteiger partial charge in [0.1, 0.15) is 0 Å². The molecule has 0 saturated heterocycles. The van der Waals surface area contributed by atoms with E-state index in [2.05, 4.69) is 28.6 Å². The molecule has 0 aromatic carbocycles. The summed E-state index contributed by atoms with van der Waals surface area (Å²) in [5.74, 6) is 0.854. The molecule has 4 nitrogen and oxygen atoms in total. The second-order valence-corrected chi connectivity index (χ2v) is 6.02. The Kier molecular flexibility index (Phi) is 3.39. The molecule has 1 aromatic heterocycles. The van der Waals surface area contributed by atoms with E-state index in [-0.39, 0.29) is 0 Å². The van der Waals surface area contributed by atoms with Gasteiger partial charge in [-0.05, 0) is 45.2 Å². The van der Waals surface area contributed by atoms with Gasteiger partial charge in [-0.1, -0.05) is 0 Å². The molecule has 2 fully saturated rings. The molecule has 1 N–H and O–H groups in total. The molecule has 2 aliphatic carbocycles. The molecule has 18 heavy (non-hydrogen) atoms. The van der Waals surface area contributed by atoms with Crippen LogP contribution in [0.3, 0.4) is 0 Å². The van der Waals surface area contributed by atoms with Gasteiger partial charge in [0.2, 0.25) is 0 Å². The van der Waals surface area contributed by atoms with Gasteiger partial charge in [-0.15, -0.1) is 0 Å². The largest absolute Gasteiger partial charge is 0.314 e. The summed E-state index contributed by atoms with van der Waals surface area (Å²) in [7, 11) is 4.23. The molecule has 0 bridgehead atoms. The normalized spacial score (nSPS) is 27.5. The molecule has 0 spiro atoms. The molecular weight excluding hydrogens is 224 g/mol. The summed E-state index contributed by atoms with van der Waals surface area (Å²) < 4.78 is 1.88. The molecule has 4 heteroatoms. The summed E-state index contributed by atoms with van der Waals surface area (Å²) >= 11 is 0. The van der Waals surface area contributed by atoms with Gasteiger partial charge >= 0.3 is 0 Å². The summed E-state index contributed by atoms with van der Waals surface area (Å²) in [5, 5.41) is 7.91. The lowest BCUT2D eigenvalue weighted by atomic mass is 9.78. The third-order valence-corrected chi connectivity index (χ3v) is 4.38. The van der Waals surface area contributed by atoms with Crippen molar-refractivity contribution in [1.29, 1.82) is 0 Å². The first-order valence-electron chi connectivity index (χ1n) is 7.13. The molecule has 3 rings (SSSR count). The van der Waals surface area contributed by atoms with E-state index in [1.54, 1.807) is 0 Å². The molecule has 0 amide bonds. The number of nitrogens with zero attached hydrogens (tertiary/aromatic N) is 3. The number of hydrogen-bond acceptors (Lipinski definition) is 3. The van der Waals surface area contributed by atoms with Gasteiger partial charge in [0.05, 0.1) is 6.20 Å². The van der Waals surface area contributed by atoms with Crippen LogP contribution in [-0.4, -0.2) is 40.4 Å². The maximum Gasteiger partial charge on any atom is 0.0534 e. The molecule has 2 saturated carbocycles. The van der Waals surface area contributed by atoms with Gasteiger partial charge in [0, 0.05) is 37.4 Å². The Morgan fingerprint density at radius 1 is 1.39 bits per heavy atom. The van der Waals surface area contributed by atoms with Crippen molar-refractivity contribution < 1.29 is 0 Å². The van der Waals surface area contributed by atoms with Crippen LogP contribution >= 0.6 is 0 Å². The lowest BCUT2D eigenvalue weighted by Gasteiger charge is -2.43. The summed E-state index contributed by atoms with van der Waals surface area (Å²) in [5.41, 5.74) is 1.32. The van der Waals surface area contributed by atoms with Crippen LogP contribution in [-0.2, 0) is 13.6 Å². The average molecular weight is 248 g/mol. The predicted molar refractivity (Wildman–Crippen MR) is 72.2 cm³/mol. The van der Waals surface area contributed by atoms with Crippen molar-refractivity contribution in [2.75, 3.05) is 13.6 Å². The van der Waals surface area contributed by atoms with Crippen LogP contribution in [0.2, 0.25) is 0 Å². The van der Waals surface area contributed by atoms with Crippen LogP contribution in [0.25, 0.3) is 0 Å². The fourth-order valence-electron chi connectivity index (χ4n) is 2.93. The van der Waals surface area contributed by atoms with E-state index in [4.69, 9.17) is 0 Å². The van der Waals surface area contributed by atoms with Crippen molar-refractivity contribution >= 4 is 0 Å². The second-order valence-electron chi connectivity index (χ2n) is 6.02. The Balaban J connectivity index is 1.47. The SMILES string of the molecule is CN(Cc1cnn(C)c1)C1CCC1CNC1CC1. The minimum Gasteiger partial charge on any atom is -0.314 e. The van der Waals surface area contributed by atoms with Crippen LogP contribution < -0.4 is 5.32 Å². The lowest BCUT2D eigenvalue weighted by molar-refractivity contribution is 0.0778. The first-order valence-corrected chi connectivity index (χ1v) is 7.13. The zero-order chi connectivity index (χ0) is 12.5. The number of aryl methyl sites for hydroxylation is 1. The number of hydrogen-bond donors (Lipinski definition) is 1. The van der Waals surface area contributed by atoms with E-state index in [0.717, 1.165) is 24.5 Å². The first-order chi connectivity index (χ1) is 8.72. The number of nitrogens with one attached hydrogen (secondary N) is 1. The molecule has 0 aliphatic heterocycles. The predicted octanol–water partition coefficient (Wildman–Crippen LogP) is 1.38. The van der Waals surface area contributed by atoms with Crippen molar-refractivity contribution in [1.82, 2.24) is 20.0 Å². The van der Waals surface area contributed by atoms with Gasteiger partial charge in [0.15, 0.2) is 0 Å². The zero-order valence-corrected chi connectivity index (χ0v) is 11.5. The van der Waals surface area contributed by atoms with Crippen LogP contribution in [0.4, 0.5) is 0 Å². The smallest absolute Gasteiger partial charge is 0.0534 e. The van der Waals surface area contributed by atoms with Crippen LogP contribution in [0.15, 0.2) is 12.4 Å². The van der Waals surface area contributed by atoms with Crippen molar-refractivity contribution in [3.8, 4) is 0 Å². The lowest BCUT2D eigenvalue weighted by Crippen LogP contribution is -2.48. The van der Waals surface area contributed by atoms with Gasteiger partial charge in [-0.25, -0.2) is 0 Å². The van der Waals surface area contributed by atoms with Gasteiger partial charge in [-0.3, -0.25) is 9.58 Å². The number of rotatable bonds is 6.